The molecule has 0 aromatic carbocycles. The smallest absolute Gasteiger partial charge is 0.351 e. The Hall–Kier alpha value is -1.22. The number of hydrogen-bond donors (Lipinski definition) is 1. The molecule has 1 unspecified atom stereocenters. The van der Waals surface area contributed by atoms with Crippen molar-refractivity contribution in [3.05, 3.63) is 21.1 Å². The maximum absolute atomic E-state index is 12.3. The molecule has 0 aliphatic rings. The molecule has 0 aliphatic heterocycles. The Bertz CT molecular complexity index is 534. The minimum absolute atomic E-state index is 0.141. The number of nitrogens with one attached hydrogen (secondary N) is 1. The van der Waals surface area contributed by atoms with Crippen LogP contribution in [0.1, 0.15) is 27.9 Å². The summed E-state index contributed by atoms with van der Waals surface area (Å²) < 4.78 is 37.0. The van der Waals surface area contributed by atoms with E-state index < -0.39 is 11.2 Å². The number of aryl methyl sites for hydroxylation is 1. The van der Waals surface area contributed by atoms with Gasteiger partial charge in [0.1, 0.15) is 5.01 Å². The maximum atomic E-state index is 12.3. The number of halogens is 3. The molecule has 18 heavy (non-hydrogen) atoms. The molecule has 0 saturated carbocycles. The van der Waals surface area contributed by atoms with Gasteiger partial charge in [0.15, 0.2) is 0 Å². The SMILES string of the molecule is Cc1cnc(C(C)Nc2nnc(C(F)(F)F)s2)s1. The summed E-state index contributed by atoms with van der Waals surface area (Å²) in [6.45, 7) is 3.73. The predicted molar refractivity (Wildman–Crippen MR) is 63.8 cm³/mol. The van der Waals surface area contributed by atoms with E-state index in [4.69, 9.17) is 0 Å². The van der Waals surface area contributed by atoms with Gasteiger partial charge in [-0.1, -0.05) is 11.3 Å². The van der Waals surface area contributed by atoms with Crippen LogP contribution in [0.3, 0.4) is 0 Å². The Morgan fingerprint density at radius 1 is 1.28 bits per heavy atom. The van der Waals surface area contributed by atoms with E-state index in [2.05, 4.69) is 20.5 Å². The van der Waals surface area contributed by atoms with Crippen LogP contribution >= 0.6 is 22.7 Å². The van der Waals surface area contributed by atoms with Crippen LogP contribution in [0.5, 0.6) is 0 Å². The van der Waals surface area contributed by atoms with Crippen molar-refractivity contribution < 1.29 is 13.2 Å². The summed E-state index contributed by atoms with van der Waals surface area (Å²) in [4.78, 5) is 5.21. The molecule has 1 N–H and O–H groups in total. The topological polar surface area (TPSA) is 50.7 Å². The second-order valence-electron chi connectivity index (χ2n) is 3.59. The van der Waals surface area contributed by atoms with Crippen molar-refractivity contribution >= 4 is 27.8 Å². The van der Waals surface area contributed by atoms with Crippen molar-refractivity contribution in [1.82, 2.24) is 15.2 Å². The largest absolute Gasteiger partial charge is 0.445 e. The Balaban J connectivity index is 2.08. The van der Waals surface area contributed by atoms with Crippen LogP contribution in [-0.4, -0.2) is 15.2 Å². The van der Waals surface area contributed by atoms with E-state index in [-0.39, 0.29) is 11.2 Å². The van der Waals surface area contributed by atoms with E-state index in [0.29, 0.717) is 11.3 Å². The Morgan fingerprint density at radius 2 is 2.00 bits per heavy atom. The molecular formula is C9H9F3N4S2. The van der Waals surface area contributed by atoms with Crippen LogP contribution in [0, 0.1) is 6.92 Å². The molecule has 0 radical (unpaired) electrons. The number of rotatable bonds is 3. The highest BCUT2D eigenvalue weighted by Gasteiger charge is 2.35. The molecule has 2 heterocycles. The van der Waals surface area contributed by atoms with Gasteiger partial charge in [-0.05, 0) is 13.8 Å². The molecule has 1 atom stereocenters. The lowest BCUT2D eigenvalue weighted by molar-refractivity contribution is -0.138. The molecule has 0 saturated heterocycles. The van der Waals surface area contributed by atoms with Crippen molar-refractivity contribution in [1.29, 1.82) is 0 Å². The van der Waals surface area contributed by atoms with E-state index in [1.807, 2.05) is 13.8 Å². The van der Waals surface area contributed by atoms with Crippen LogP contribution in [0.15, 0.2) is 6.20 Å². The molecule has 0 amide bonds. The number of nitrogens with zero attached hydrogens (tertiary/aromatic N) is 3. The average Bonchev–Trinajstić information content (AvgIpc) is 2.85. The molecule has 98 valence electrons. The van der Waals surface area contributed by atoms with Crippen molar-refractivity contribution in [2.24, 2.45) is 0 Å². The number of anilines is 1. The number of thiazole rings is 1. The first kappa shape index (κ1) is 13.2. The molecule has 2 aromatic rings. The van der Waals surface area contributed by atoms with E-state index in [1.165, 1.54) is 11.3 Å². The van der Waals surface area contributed by atoms with Crippen LogP contribution in [0.2, 0.25) is 0 Å². The maximum Gasteiger partial charge on any atom is 0.445 e. The first-order chi connectivity index (χ1) is 8.36. The third kappa shape index (κ3) is 2.96. The lowest BCUT2D eigenvalue weighted by Gasteiger charge is -2.08. The molecule has 0 fully saturated rings. The highest BCUT2D eigenvalue weighted by molar-refractivity contribution is 7.15. The third-order valence-corrected chi connectivity index (χ3v) is 4.01. The summed E-state index contributed by atoms with van der Waals surface area (Å²) in [5.41, 5.74) is 0. The lowest BCUT2D eigenvalue weighted by Crippen LogP contribution is -2.05. The first-order valence-corrected chi connectivity index (χ1v) is 6.59. The fraction of sp³-hybridized carbons (Fsp3) is 0.444. The van der Waals surface area contributed by atoms with Crippen molar-refractivity contribution in [2.75, 3.05) is 5.32 Å². The minimum atomic E-state index is -4.45. The van der Waals surface area contributed by atoms with Crippen molar-refractivity contribution in [2.45, 2.75) is 26.1 Å². The lowest BCUT2D eigenvalue weighted by atomic mass is 10.4. The standard InChI is InChI=1S/C9H9F3N4S2/c1-4-3-13-6(17-4)5(2)14-8-16-15-7(18-8)9(10,11)12/h3,5H,1-2H3,(H,14,16). The van der Waals surface area contributed by atoms with Gasteiger partial charge in [0.25, 0.3) is 0 Å². The monoisotopic (exact) mass is 294 g/mol. The van der Waals surface area contributed by atoms with Crippen LogP contribution in [0.25, 0.3) is 0 Å². The number of hydrogen-bond acceptors (Lipinski definition) is 6. The van der Waals surface area contributed by atoms with Gasteiger partial charge in [-0.3, -0.25) is 0 Å². The number of aromatic nitrogens is 3. The number of alkyl halides is 3. The molecule has 0 aliphatic carbocycles. The Labute approximate surface area is 109 Å². The average molecular weight is 294 g/mol. The normalized spacial score (nSPS) is 13.6. The summed E-state index contributed by atoms with van der Waals surface area (Å²) in [5, 5.41) is 9.42. The van der Waals surface area contributed by atoms with Crippen LogP contribution in [-0.2, 0) is 6.18 Å². The van der Waals surface area contributed by atoms with E-state index in [0.717, 1.165) is 9.88 Å². The van der Waals surface area contributed by atoms with Gasteiger partial charge in [-0.25, -0.2) is 4.98 Å². The van der Waals surface area contributed by atoms with Crippen molar-refractivity contribution in [3.63, 3.8) is 0 Å². The second-order valence-corrected chi connectivity index (χ2v) is 5.83. The summed E-state index contributed by atoms with van der Waals surface area (Å²) in [5.74, 6) is 0. The molecule has 0 bridgehead atoms. The molecular weight excluding hydrogens is 285 g/mol. The molecule has 4 nitrogen and oxygen atoms in total. The van der Waals surface area contributed by atoms with Gasteiger partial charge in [0, 0.05) is 11.1 Å². The van der Waals surface area contributed by atoms with Gasteiger partial charge in [0.05, 0.1) is 6.04 Å². The highest BCUT2D eigenvalue weighted by Crippen LogP contribution is 2.34. The quantitative estimate of drug-likeness (QED) is 0.941. The predicted octanol–water partition coefficient (Wildman–Crippen LogP) is 3.49. The minimum Gasteiger partial charge on any atom is -0.351 e. The molecule has 2 aromatic heterocycles. The van der Waals surface area contributed by atoms with Gasteiger partial charge >= 0.3 is 6.18 Å². The van der Waals surface area contributed by atoms with Gasteiger partial charge in [0.2, 0.25) is 10.1 Å². The zero-order valence-corrected chi connectivity index (χ0v) is 11.1. The first-order valence-electron chi connectivity index (χ1n) is 4.96. The van der Waals surface area contributed by atoms with Gasteiger partial charge in [-0.2, -0.15) is 13.2 Å². The van der Waals surface area contributed by atoms with Crippen LogP contribution in [0.4, 0.5) is 18.3 Å². The fourth-order valence-electron chi connectivity index (χ4n) is 1.22. The summed E-state index contributed by atoms with van der Waals surface area (Å²) in [7, 11) is 0. The summed E-state index contributed by atoms with van der Waals surface area (Å²) in [6.07, 6.45) is -2.72. The summed E-state index contributed by atoms with van der Waals surface area (Å²) >= 11 is 1.98. The second kappa shape index (κ2) is 4.81. The highest BCUT2D eigenvalue weighted by atomic mass is 32.1. The fourth-order valence-corrected chi connectivity index (χ4v) is 2.69. The third-order valence-electron chi connectivity index (χ3n) is 2.02. The summed E-state index contributed by atoms with van der Waals surface area (Å²) in [6, 6.07) is -0.197. The van der Waals surface area contributed by atoms with E-state index >= 15 is 0 Å². The van der Waals surface area contributed by atoms with E-state index in [9.17, 15) is 13.2 Å². The van der Waals surface area contributed by atoms with Gasteiger partial charge < -0.3 is 5.32 Å². The Morgan fingerprint density at radius 3 is 2.50 bits per heavy atom. The van der Waals surface area contributed by atoms with Gasteiger partial charge in [-0.15, -0.1) is 21.5 Å². The van der Waals surface area contributed by atoms with Crippen LogP contribution < -0.4 is 5.32 Å². The molecule has 9 heteroatoms. The zero-order chi connectivity index (χ0) is 13.3. The van der Waals surface area contributed by atoms with Crippen molar-refractivity contribution in [3.8, 4) is 0 Å². The zero-order valence-electron chi connectivity index (χ0n) is 9.45. The molecule has 0 spiro atoms. The van der Waals surface area contributed by atoms with E-state index in [1.54, 1.807) is 6.20 Å². The molecule has 2 rings (SSSR count). The Kier molecular flexibility index (Phi) is 3.53.